The van der Waals surface area contributed by atoms with Crippen LogP contribution in [0.25, 0.3) is 0 Å². The van der Waals surface area contributed by atoms with Crippen molar-refractivity contribution in [1.29, 1.82) is 0 Å². The Balaban J connectivity index is 2.59. The molecule has 1 aromatic carbocycles. The summed E-state index contributed by atoms with van der Waals surface area (Å²) in [5.41, 5.74) is 6.14. The van der Waals surface area contributed by atoms with Crippen LogP contribution in [0.4, 0.5) is 5.69 Å². The van der Waals surface area contributed by atoms with E-state index in [1.807, 2.05) is 6.92 Å². The highest BCUT2D eigenvalue weighted by atomic mass is 16.5. The number of anilines is 1. The first-order valence-electron chi connectivity index (χ1n) is 5.99. The molecule has 0 aliphatic carbocycles. The van der Waals surface area contributed by atoms with E-state index >= 15 is 0 Å². The quantitative estimate of drug-likeness (QED) is 0.675. The molecule has 0 spiro atoms. The molecular weight excluding hydrogens is 232 g/mol. The van der Waals surface area contributed by atoms with Crippen molar-refractivity contribution in [3.63, 3.8) is 0 Å². The van der Waals surface area contributed by atoms with Gasteiger partial charge in [-0.3, -0.25) is 4.79 Å². The third kappa shape index (κ3) is 4.25. The van der Waals surface area contributed by atoms with Gasteiger partial charge in [-0.2, -0.15) is 0 Å². The summed E-state index contributed by atoms with van der Waals surface area (Å²) in [6.07, 6.45) is 2.00. The minimum absolute atomic E-state index is 0.0215. The summed E-state index contributed by atoms with van der Waals surface area (Å²) in [5.74, 6) is 0.316. The van der Waals surface area contributed by atoms with Crippen molar-refractivity contribution in [3.05, 3.63) is 18.2 Å². The number of hydrogen-bond acceptors (Lipinski definition) is 4. The molecule has 0 radical (unpaired) electrons. The van der Waals surface area contributed by atoms with Crippen LogP contribution in [0.1, 0.15) is 26.2 Å². The van der Waals surface area contributed by atoms with Gasteiger partial charge in [-0.15, -0.1) is 0 Å². The second-order valence-electron chi connectivity index (χ2n) is 4.18. The van der Waals surface area contributed by atoms with Crippen molar-refractivity contribution in [1.82, 2.24) is 0 Å². The number of carbonyl (C=O) groups is 1. The lowest BCUT2D eigenvalue weighted by Crippen LogP contribution is -2.26. The first-order chi connectivity index (χ1) is 8.56. The second kappa shape index (κ2) is 6.86. The summed E-state index contributed by atoms with van der Waals surface area (Å²) in [6.45, 7) is 2.02. The molecule has 100 valence electrons. The maximum Gasteiger partial charge on any atom is 0.226 e. The Hall–Kier alpha value is -1.75. The van der Waals surface area contributed by atoms with Gasteiger partial charge in [0, 0.05) is 18.5 Å². The number of aromatic hydroxyl groups is 1. The number of carbonyl (C=O) groups excluding carboxylic acids is 1. The standard InChI is InChI=1S/C13H20N2O3/c1-3-4-9(14)7-13(17)15-11-6-5-10(18-2)8-12(11)16/h5-6,8-9,16H,3-4,7,14H2,1-2H3,(H,15,17). The molecule has 0 heterocycles. The SMILES string of the molecule is CCCC(N)CC(=O)Nc1ccc(OC)cc1O. The van der Waals surface area contributed by atoms with Crippen LogP contribution in [-0.2, 0) is 4.79 Å². The van der Waals surface area contributed by atoms with Gasteiger partial charge in [0.15, 0.2) is 0 Å². The van der Waals surface area contributed by atoms with Crippen molar-refractivity contribution < 1.29 is 14.6 Å². The van der Waals surface area contributed by atoms with E-state index in [0.29, 0.717) is 11.4 Å². The summed E-state index contributed by atoms with van der Waals surface area (Å²) >= 11 is 0. The molecule has 1 atom stereocenters. The van der Waals surface area contributed by atoms with Crippen LogP contribution in [0.2, 0.25) is 0 Å². The predicted molar refractivity (Wildman–Crippen MR) is 70.8 cm³/mol. The largest absolute Gasteiger partial charge is 0.506 e. The highest BCUT2D eigenvalue weighted by Crippen LogP contribution is 2.27. The molecule has 5 nitrogen and oxygen atoms in total. The van der Waals surface area contributed by atoms with Crippen molar-refractivity contribution in [2.24, 2.45) is 5.73 Å². The summed E-state index contributed by atoms with van der Waals surface area (Å²) in [6, 6.07) is 4.57. The Morgan fingerprint density at radius 1 is 1.56 bits per heavy atom. The zero-order valence-corrected chi connectivity index (χ0v) is 10.8. The zero-order chi connectivity index (χ0) is 13.5. The van der Waals surface area contributed by atoms with Crippen LogP contribution in [0.15, 0.2) is 18.2 Å². The number of methoxy groups -OCH3 is 1. The van der Waals surface area contributed by atoms with Crippen LogP contribution < -0.4 is 15.8 Å². The Bertz CT molecular complexity index is 407. The molecular formula is C13H20N2O3. The molecule has 1 amide bonds. The predicted octanol–water partition coefficient (Wildman–Crippen LogP) is 1.86. The first-order valence-corrected chi connectivity index (χ1v) is 5.99. The molecule has 0 saturated heterocycles. The lowest BCUT2D eigenvalue weighted by Gasteiger charge is -2.12. The number of nitrogens with two attached hydrogens (primary N) is 1. The third-order valence-corrected chi connectivity index (χ3v) is 2.59. The number of hydrogen-bond donors (Lipinski definition) is 3. The highest BCUT2D eigenvalue weighted by Gasteiger charge is 2.11. The van der Waals surface area contributed by atoms with Crippen molar-refractivity contribution in [2.45, 2.75) is 32.2 Å². The third-order valence-electron chi connectivity index (χ3n) is 2.59. The van der Waals surface area contributed by atoms with Gasteiger partial charge >= 0.3 is 0 Å². The molecule has 1 unspecified atom stereocenters. The molecule has 1 aromatic rings. The number of phenols is 1. The zero-order valence-electron chi connectivity index (χ0n) is 10.8. The van der Waals surface area contributed by atoms with Crippen LogP contribution in [0, 0.1) is 0 Å². The van der Waals surface area contributed by atoms with Gasteiger partial charge in [0.2, 0.25) is 5.91 Å². The summed E-state index contributed by atoms with van der Waals surface area (Å²) in [5, 5.41) is 12.3. The van der Waals surface area contributed by atoms with E-state index in [1.54, 1.807) is 12.1 Å². The normalized spacial score (nSPS) is 11.9. The Kier molecular flexibility index (Phi) is 5.45. The Morgan fingerprint density at radius 2 is 2.28 bits per heavy atom. The molecule has 0 aliphatic rings. The second-order valence-corrected chi connectivity index (χ2v) is 4.18. The maximum atomic E-state index is 11.7. The number of amides is 1. The van der Waals surface area contributed by atoms with E-state index in [0.717, 1.165) is 12.8 Å². The van der Waals surface area contributed by atoms with Gasteiger partial charge < -0.3 is 20.9 Å². The van der Waals surface area contributed by atoms with Gasteiger partial charge in [0.05, 0.1) is 12.8 Å². The molecule has 0 aromatic heterocycles. The lowest BCUT2D eigenvalue weighted by atomic mass is 10.1. The van der Waals surface area contributed by atoms with Gasteiger partial charge in [-0.1, -0.05) is 13.3 Å². The van der Waals surface area contributed by atoms with Crippen molar-refractivity contribution in [2.75, 3.05) is 12.4 Å². The van der Waals surface area contributed by atoms with Gasteiger partial charge in [0.25, 0.3) is 0 Å². The molecule has 0 bridgehead atoms. The Labute approximate surface area is 107 Å². The van der Waals surface area contributed by atoms with Gasteiger partial charge in [-0.25, -0.2) is 0 Å². The fourth-order valence-electron chi connectivity index (χ4n) is 1.66. The summed E-state index contributed by atoms with van der Waals surface area (Å²) in [4.78, 5) is 11.7. The fourth-order valence-corrected chi connectivity index (χ4v) is 1.66. The number of ether oxygens (including phenoxy) is 1. The fraction of sp³-hybridized carbons (Fsp3) is 0.462. The monoisotopic (exact) mass is 252 g/mol. The molecule has 0 saturated carbocycles. The van der Waals surface area contributed by atoms with E-state index < -0.39 is 0 Å². The molecule has 0 fully saturated rings. The number of rotatable bonds is 6. The topological polar surface area (TPSA) is 84.6 Å². The number of phenolic OH excluding ortho intramolecular Hbond substituents is 1. The maximum absolute atomic E-state index is 11.7. The minimum Gasteiger partial charge on any atom is -0.506 e. The molecule has 1 rings (SSSR count). The smallest absolute Gasteiger partial charge is 0.226 e. The Morgan fingerprint density at radius 3 is 2.83 bits per heavy atom. The van der Waals surface area contributed by atoms with E-state index in [4.69, 9.17) is 10.5 Å². The van der Waals surface area contributed by atoms with Crippen LogP contribution in [0.3, 0.4) is 0 Å². The number of benzene rings is 1. The highest BCUT2D eigenvalue weighted by molar-refractivity contribution is 5.92. The average molecular weight is 252 g/mol. The first kappa shape index (κ1) is 14.3. The van der Waals surface area contributed by atoms with Crippen LogP contribution >= 0.6 is 0 Å². The van der Waals surface area contributed by atoms with Gasteiger partial charge in [-0.05, 0) is 18.6 Å². The number of nitrogens with one attached hydrogen (secondary N) is 1. The van der Waals surface area contributed by atoms with Crippen LogP contribution in [0.5, 0.6) is 11.5 Å². The minimum atomic E-state index is -0.198. The molecule has 0 aliphatic heterocycles. The molecule has 18 heavy (non-hydrogen) atoms. The average Bonchev–Trinajstić information content (AvgIpc) is 2.31. The van der Waals surface area contributed by atoms with E-state index in [2.05, 4.69) is 5.32 Å². The lowest BCUT2D eigenvalue weighted by molar-refractivity contribution is -0.116. The summed E-state index contributed by atoms with van der Waals surface area (Å²) in [7, 11) is 1.51. The summed E-state index contributed by atoms with van der Waals surface area (Å²) < 4.78 is 4.96. The molecule has 4 N–H and O–H groups in total. The molecule has 5 heteroatoms. The van der Waals surface area contributed by atoms with E-state index in [1.165, 1.54) is 13.2 Å². The van der Waals surface area contributed by atoms with Crippen molar-refractivity contribution in [3.8, 4) is 11.5 Å². The van der Waals surface area contributed by atoms with Crippen molar-refractivity contribution >= 4 is 11.6 Å². The van der Waals surface area contributed by atoms with Gasteiger partial charge in [0.1, 0.15) is 11.5 Å². The van der Waals surface area contributed by atoms with E-state index in [9.17, 15) is 9.90 Å². The van der Waals surface area contributed by atoms with E-state index in [-0.39, 0.29) is 24.1 Å². The van der Waals surface area contributed by atoms with Crippen LogP contribution in [-0.4, -0.2) is 24.2 Å².